The number of hydrogen-bond donors (Lipinski definition) is 2. The Morgan fingerprint density at radius 1 is 1.26 bits per heavy atom. The lowest BCUT2D eigenvalue weighted by Crippen LogP contribution is -2.26. The fraction of sp³-hybridized carbons (Fsp3) is 0.143. The van der Waals surface area contributed by atoms with E-state index in [0.717, 1.165) is 11.4 Å². The van der Waals surface area contributed by atoms with Crippen molar-refractivity contribution in [3.8, 4) is 0 Å². The Labute approximate surface area is 112 Å². The number of nitrogens with one attached hydrogen (secondary N) is 1. The molecule has 1 amide bonds. The third-order valence-corrected chi connectivity index (χ3v) is 2.80. The summed E-state index contributed by atoms with van der Waals surface area (Å²) in [5.74, 6) is 5.71. The monoisotopic (exact) mass is 256 g/mol. The highest BCUT2D eigenvalue weighted by Crippen LogP contribution is 2.16. The molecule has 1 heterocycles. The van der Waals surface area contributed by atoms with Crippen LogP contribution in [0.1, 0.15) is 16.1 Å². The number of benzene rings is 1. The van der Waals surface area contributed by atoms with Gasteiger partial charge in [-0.05, 0) is 31.2 Å². The number of nitrogen functional groups attached to an aromatic ring is 1. The first-order valence-corrected chi connectivity index (χ1v) is 5.90. The van der Waals surface area contributed by atoms with Gasteiger partial charge in [0.2, 0.25) is 0 Å². The molecule has 0 saturated carbocycles. The molecular formula is C14H16N4O. The summed E-state index contributed by atoms with van der Waals surface area (Å²) >= 11 is 0. The topological polar surface area (TPSA) is 71.2 Å². The number of para-hydroxylation sites is 1. The molecule has 0 saturated heterocycles. The first-order valence-electron chi connectivity index (χ1n) is 5.90. The number of carbonyl (C=O) groups excluding carboxylic acids is 1. The average Bonchev–Trinajstić information content (AvgIpc) is 2.46. The maximum absolute atomic E-state index is 12.4. The molecule has 3 N–H and O–H groups in total. The first-order chi connectivity index (χ1) is 9.11. The van der Waals surface area contributed by atoms with Gasteiger partial charge < -0.3 is 10.3 Å². The summed E-state index contributed by atoms with van der Waals surface area (Å²) in [6, 6.07) is 12.8. The van der Waals surface area contributed by atoms with E-state index in [1.54, 1.807) is 24.1 Å². The van der Waals surface area contributed by atoms with Crippen LogP contribution in [-0.2, 0) is 0 Å². The number of rotatable bonds is 3. The van der Waals surface area contributed by atoms with Gasteiger partial charge in [0.05, 0.1) is 0 Å². The lowest BCUT2D eigenvalue weighted by atomic mass is 10.2. The van der Waals surface area contributed by atoms with E-state index in [0.29, 0.717) is 11.4 Å². The van der Waals surface area contributed by atoms with Gasteiger partial charge in [-0.3, -0.25) is 4.79 Å². The average molecular weight is 256 g/mol. The van der Waals surface area contributed by atoms with Gasteiger partial charge in [-0.2, -0.15) is 0 Å². The Kier molecular flexibility index (Phi) is 3.77. The molecule has 1 aromatic carbocycles. The maximum atomic E-state index is 12.4. The molecule has 0 radical (unpaired) electrons. The maximum Gasteiger partial charge on any atom is 0.258 e. The minimum Gasteiger partial charge on any atom is -0.311 e. The van der Waals surface area contributed by atoms with Crippen molar-refractivity contribution in [2.75, 3.05) is 17.4 Å². The summed E-state index contributed by atoms with van der Waals surface area (Å²) in [5, 5.41) is 0. The van der Waals surface area contributed by atoms with Crippen LogP contribution in [0.3, 0.4) is 0 Å². The highest BCUT2D eigenvalue weighted by molar-refractivity contribution is 6.06. The van der Waals surface area contributed by atoms with Crippen LogP contribution in [0.25, 0.3) is 0 Å². The third-order valence-electron chi connectivity index (χ3n) is 2.80. The van der Waals surface area contributed by atoms with E-state index in [4.69, 9.17) is 5.84 Å². The van der Waals surface area contributed by atoms with Crippen LogP contribution in [0.15, 0.2) is 42.5 Å². The number of pyridine rings is 1. The zero-order chi connectivity index (χ0) is 13.8. The van der Waals surface area contributed by atoms with Gasteiger partial charge in [-0.15, -0.1) is 0 Å². The highest BCUT2D eigenvalue weighted by atomic mass is 16.2. The normalized spacial score (nSPS) is 10.1. The quantitative estimate of drug-likeness (QED) is 0.650. The minimum absolute atomic E-state index is 0.104. The SMILES string of the molecule is Cc1cc(C(=O)N(C)c2ccccc2)cc(NN)n1. The molecule has 2 rings (SSSR count). The number of aromatic nitrogens is 1. The number of nitrogens with zero attached hydrogens (tertiary/aromatic N) is 2. The van der Waals surface area contributed by atoms with Crippen molar-refractivity contribution in [1.29, 1.82) is 0 Å². The van der Waals surface area contributed by atoms with E-state index in [1.807, 2.05) is 37.3 Å². The highest BCUT2D eigenvalue weighted by Gasteiger charge is 2.14. The van der Waals surface area contributed by atoms with Crippen LogP contribution >= 0.6 is 0 Å². The number of anilines is 2. The van der Waals surface area contributed by atoms with Gasteiger partial charge >= 0.3 is 0 Å². The van der Waals surface area contributed by atoms with E-state index in [-0.39, 0.29) is 5.91 Å². The van der Waals surface area contributed by atoms with Crippen molar-refractivity contribution >= 4 is 17.4 Å². The predicted molar refractivity (Wildman–Crippen MR) is 76.0 cm³/mol. The van der Waals surface area contributed by atoms with Crippen LogP contribution in [0.4, 0.5) is 11.5 Å². The number of aryl methyl sites for hydroxylation is 1. The minimum atomic E-state index is -0.104. The van der Waals surface area contributed by atoms with Gasteiger partial charge in [0.25, 0.3) is 5.91 Å². The van der Waals surface area contributed by atoms with E-state index < -0.39 is 0 Å². The largest absolute Gasteiger partial charge is 0.311 e. The van der Waals surface area contributed by atoms with Crippen molar-refractivity contribution in [3.05, 3.63) is 53.7 Å². The van der Waals surface area contributed by atoms with Crippen LogP contribution in [-0.4, -0.2) is 17.9 Å². The predicted octanol–water partition coefficient (Wildman–Crippen LogP) is 1.95. The second kappa shape index (κ2) is 5.49. The van der Waals surface area contributed by atoms with Gasteiger partial charge in [-0.25, -0.2) is 10.8 Å². The number of hydrogen-bond acceptors (Lipinski definition) is 4. The lowest BCUT2D eigenvalue weighted by Gasteiger charge is -2.17. The summed E-state index contributed by atoms with van der Waals surface area (Å²) in [4.78, 5) is 18.1. The Bertz CT molecular complexity index is 583. The molecule has 0 aliphatic carbocycles. The van der Waals surface area contributed by atoms with Crippen LogP contribution in [0, 0.1) is 6.92 Å². The molecule has 0 atom stereocenters. The first kappa shape index (κ1) is 13.0. The number of nitrogens with two attached hydrogens (primary N) is 1. The molecule has 0 fully saturated rings. The molecule has 0 aliphatic rings. The molecule has 0 aliphatic heterocycles. The van der Waals surface area contributed by atoms with Gasteiger partial charge in [-0.1, -0.05) is 18.2 Å². The molecule has 0 unspecified atom stereocenters. The molecule has 1 aromatic heterocycles. The standard InChI is InChI=1S/C14H16N4O/c1-10-8-11(9-13(16-10)17-15)14(19)18(2)12-6-4-3-5-7-12/h3-9H,15H2,1-2H3,(H,16,17). The zero-order valence-electron chi connectivity index (χ0n) is 10.9. The van der Waals surface area contributed by atoms with Gasteiger partial charge in [0.1, 0.15) is 5.82 Å². The van der Waals surface area contributed by atoms with Crippen molar-refractivity contribution in [3.63, 3.8) is 0 Å². The Morgan fingerprint density at radius 3 is 2.58 bits per heavy atom. The Hall–Kier alpha value is -2.40. The van der Waals surface area contributed by atoms with Crippen molar-refractivity contribution in [2.45, 2.75) is 6.92 Å². The Balaban J connectivity index is 2.31. The molecule has 5 heteroatoms. The second-order valence-electron chi connectivity index (χ2n) is 4.23. The van der Waals surface area contributed by atoms with E-state index in [2.05, 4.69) is 10.4 Å². The van der Waals surface area contributed by atoms with Crippen LogP contribution in [0.5, 0.6) is 0 Å². The molecule has 98 valence electrons. The van der Waals surface area contributed by atoms with E-state index in [1.165, 1.54) is 0 Å². The van der Waals surface area contributed by atoms with Gasteiger partial charge in [0.15, 0.2) is 0 Å². The molecule has 2 aromatic rings. The summed E-state index contributed by atoms with van der Waals surface area (Å²) in [5.41, 5.74) is 4.58. The van der Waals surface area contributed by atoms with E-state index in [9.17, 15) is 4.79 Å². The number of amides is 1. The van der Waals surface area contributed by atoms with Crippen LogP contribution < -0.4 is 16.2 Å². The summed E-state index contributed by atoms with van der Waals surface area (Å²) in [6.07, 6.45) is 0. The third kappa shape index (κ3) is 2.89. The molecule has 19 heavy (non-hydrogen) atoms. The number of carbonyl (C=O) groups is 1. The van der Waals surface area contributed by atoms with Crippen LogP contribution in [0.2, 0.25) is 0 Å². The fourth-order valence-electron chi connectivity index (χ4n) is 1.83. The molecule has 0 bridgehead atoms. The summed E-state index contributed by atoms with van der Waals surface area (Å²) in [6.45, 7) is 1.82. The van der Waals surface area contributed by atoms with Crippen molar-refractivity contribution < 1.29 is 4.79 Å². The smallest absolute Gasteiger partial charge is 0.258 e. The lowest BCUT2D eigenvalue weighted by molar-refractivity contribution is 0.0993. The molecule has 0 spiro atoms. The molecular weight excluding hydrogens is 240 g/mol. The Morgan fingerprint density at radius 2 is 1.95 bits per heavy atom. The van der Waals surface area contributed by atoms with Crippen molar-refractivity contribution in [2.24, 2.45) is 5.84 Å². The summed E-state index contributed by atoms with van der Waals surface area (Å²) < 4.78 is 0. The summed E-state index contributed by atoms with van der Waals surface area (Å²) in [7, 11) is 1.74. The van der Waals surface area contributed by atoms with Gasteiger partial charge in [0, 0.05) is 24.0 Å². The molecule has 5 nitrogen and oxygen atoms in total. The fourth-order valence-corrected chi connectivity index (χ4v) is 1.83. The van der Waals surface area contributed by atoms with Crippen molar-refractivity contribution in [1.82, 2.24) is 4.98 Å². The second-order valence-corrected chi connectivity index (χ2v) is 4.23. The van der Waals surface area contributed by atoms with E-state index >= 15 is 0 Å². The number of hydrazine groups is 1. The zero-order valence-corrected chi connectivity index (χ0v) is 10.9.